The number of ether oxygens (including phenoxy) is 1. The van der Waals surface area contributed by atoms with Crippen molar-refractivity contribution in [3.8, 4) is 0 Å². The molecule has 1 atom stereocenters. The molecule has 1 saturated carbocycles. The van der Waals surface area contributed by atoms with E-state index < -0.39 is 0 Å². The van der Waals surface area contributed by atoms with E-state index in [1.165, 1.54) is 12.8 Å². The SMILES string of the molecule is CCOC(C)(C)C(O)C1CCCC1. The molecule has 1 N–H and O–H groups in total. The van der Waals surface area contributed by atoms with Crippen LogP contribution in [0, 0.1) is 5.92 Å². The first-order valence-corrected chi connectivity index (χ1v) is 5.40. The second kappa shape index (κ2) is 4.43. The van der Waals surface area contributed by atoms with E-state index in [0.717, 1.165) is 12.8 Å². The summed E-state index contributed by atoms with van der Waals surface area (Å²) in [5.41, 5.74) is -0.371. The molecule has 0 amide bonds. The highest BCUT2D eigenvalue weighted by Gasteiger charge is 2.35. The lowest BCUT2D eigenvalue weighted by molar-refractivity contribution is -0.116. The van der Waals surface area contributed by atoms with Crippen LogP contribution >= 0.6 is 0 Å². The van der Waals surface area contributed by atoms with Gasteiger partial charge in [0.15, 0.2) is 0 Å². The third-order valence-electron chi connectivity index (χ3n) is 3.07. The standard InChI is InChI=1S/C11H22O2/c1-4-13-11(2,3)10(12)9-7-5-6-8-9/h9-10,12H,4-8H2,1-3H3. The lowest BCUT2D eigenvalue weighted by atomic mass is 9.88. The first-order chi connectivity index (χ1) is 6.08. The van der Waals surface area contributed by atoms with Gasteiger partial charge < -0.3 is 9.84 Å². The first kappa shape index (κ1) is 11.0. The van der Waals surface area contributed by atoms with Crippen LogP contribution in [0.15, 0.2) is 0 Å². The molecule has 1 rings (SSSR count). The molecule has 0 radical (unpaired) electrons. The summed E-state index contributed by atoms with van der Waals surface area (Å²) in [6.07, 6.45) is 4.57. The van der Waals surface area contributed by atoms with Gasteiger partial charge in [0.25, 0.3) is 0 Å². The molecule has 13 heavy (non-hydrogen) atoms. The van der Waals surface area contributed by atoms with E-state index in [-0.39, 0.29) is 11.7 Å². The van der Waals surface area contributed by atoms with Crippen molar-refractivity contribution >= 4 is 0 Å². The average Bonchev–Trinajstić information content (AvgIpc) is 2.54. The van der Waals surface area contributed by atoms with Crippen molar-refractivity contribution in [1.82, 2.24) is 0 Å². The molecule has 0 saturated heterocycles. The van der Waals surface area contributed by atoms with E-state index in [1.54, 1.807) is 0 Å². The van der Waals surface area contributed by atoms with E-state index in [2.05, 4.69) is 0 Å². The maximum absolute atomic E-state index is 10.1. The van der Waals surface area contributed by atoms with E-state index in [1.807, 2.05) is 20.8 Å². The molecule has 0 bridgehead atoms. The summed E-state index contributed by atoms with van der Waals surface area (Å²) < 4.78 is 5.55. The maximum Gasteiger partial charge on any atom is 0.0886 e. The smallest absolute Gasteiger partial charge is 0.0886 e. The van der Waals surface area contributed by atoms with Crippen molar-refractivity contribution in [2.45, 2.75) is 58.2 Å². The molecule has 2 nitrogen and oxygen atoms in total. The molecule has 2 heteroatoms. The van der Waals surface area contributed by atoms with Gasteiger partial charge >= 0.3 is 0 Å². The summed E-state index contributed by atoms with van der Waals surface area (Å²) in [6.45, 7) is 6.62. The summed E-state index contributed by atoms with van der Waals surface area (Å²) >= 11 is 0. The summed E-state index contributed by atoms with van der Waals surface area (Å²) in [4.78, 5) is 0. The summed E-state index contributed by atoms with van der Waals surface area (Å²) in [5, 5.41) is 10.1. The predicted octanol–water partition coefficient (Wildman–Crippen LogP) is 2.35. The van der Waals surface area contributed by atoms with Crippen molar-refractivity contribution < 1.29 is 9.84 Å². The number of hydrogen-bond donors (Lipinski definition) is 1. The minimum atomic E-state index is -0.371. The van der Waals surface area contributed by atoms with Gasteiger partial charge in [-0.15, -0.1) is 0 Å². The largest absolute Gasteiger partial charge is 0.390 e. The Bertz CT molecular complexity index is 148. The van der Waals surface area contributed by atoms with E-state index >= 15 is 0 Å². The number of aliphatic hydroxyl groups excluding tert-OH is 1. The van der Waals surface area contributed by atoms with Crippen LogP contribution in [0.1, 0.15) is 46.5 Å². The van der Waals surface area contributed by atoms with Crippen LogP contribution < -0.4 is 0 Å². The highest BCUT2D eigenvalue weighted by molar-refractivity contribution is 4.86. The van der Waals surface area contributed by atoms with Crippen molar-refractivity contribution in [3.05, 3.63) is 0 Å². The highest BCUT2D eigenvalue weighted by atomic mass is 16.5. The Balaban J connectivity index is 2.48. The zero-order valence-corrected chi connectivity index (χ0v) is 9.05. The van der Waals surface area contributed by atoms with E-state index in [4.69, 9.17) is 4.74 Å². The summed E-state index contributed by atoms with van der Waals surface area (Å²) in [5.74, 6) is 0.460. The van der Waals surface area contributed by atoms with Gasteiger partial charge in [0, 0.05) is 6.61 Å². The van der Waals surface area contributed by atoms with Crippen LogP contribution in [0.4, 0.5) is 0 Å². The van der Waals surface area contributed by atoms with E-state index in [9.17, 15) is 5.11 Å². The van der Waals surface area contributed by atoms with Crippen LogP contribution in [0.3, 0.4) is 0 Å². The second-order valence-electron chi connectivity index (χ2n) is 4.53. The molecule has 0 aromatic heterocycles. The molecule has 0 aromatic carbocycles. The van der Waals surface area contributed by atoms with Crippen molar-refractivity contribution in [2.24, 2.45) is 5.92 Å². The molecule has 1 unspecified atom stereocenters. The fourth-order valence-electron chi connectivity index (χ4n) is 2.30. The lowest BCUT2D eigenvalue weighted by Gasteiger charge is -2.34. The van der Waals surface area contributed by atoms with Gasteiger partial charge in [0.05, 0.1) is 11.7 Å². The third-order valence-corrected chi connectivity index (χ3v) is 3.07. The quantitative estimate of drug-likeness (QED) is 0.730. The molecule has 0 spiro atoms. The fraction of sp³-hybridized carbons (Fsp3) is 1.00. The number of hydrogen-bond acceptors (Lipinski definition) is 2. The monoisotopic (exact) mass is 186 g/mol. The topological polar surface area (TPSA) is 29.5 Å². The normalized spacial score (nSPS) is 22.2. The minimum Gasteiger partial charge on any atom is -0.390 e. The Hall–Kier alpha value is -0.0800. The molecule has 0 heterocycles. The molecule has 1 fully saturated rings. The lowest BCUT2D eigenvalue weighted by Crippen LogP contribution is -2.43. The highest BCUT2D eigenvalue weighted by Crippen LogP contribution is 2.33. The fourth-order valence-corrected chi connectivity index (χ4v) is 2.30. The van der Waals surface area contributed by atoms with Gasteiger partial charge in [-0.2, -0.15) is 0 Å². The van der Waals surface area contributed by atoms with Crippen molar-refractivity contribution in [2.75, 3.05) is 6.61 Å². The van der Waals surface area contributed by atoms with E-state index in [0.29, 0.717) is 12.5 Å². The Morgan fingerprint density at radius 1 is 1.38 bits per heavy atom. The number of rotatable bonds is 4. The second-order valence-corrected chi connectivity index (χ2v) is 4.53. The molecule has 1 aliphatic rings. The predicted molar refractivity (Wildman–Crippen MR) is 53.7 cm³/mol. The van der Waals surface area contributed by atoms with Gasteiger partial charge in [-0.25, -0.2) is 0 Å². The molecular weight excluding hydrogens is 164 g/mol. The van der Waals surface area contributed by atoms with Crippen molar-refractivity contribution in [1.29, 1.82) is 0 Å². The molecule has 78 valence electrons. The van der Waals surface area contributed by atoms with Crippen LogP contribution in [-0.2, 0) is 4.74 Å². The molecule has 1 aliphatic carbocycles. The zero-order chi connectivity index (χ0) is 9.90. The van der Waals surface area contributed by atoms with Crippen molar-refractivity contribution in [3.63, 3.8) is 0 Å². The minimum absolute atomic E-state index is 0.296. The van der Waals surface area contributed by atoms with Crippen LogP contribution in [0.25, 0.3) is 0 Å². The van der Waals surface area contributed by atoms with Gasteiger partial charge in [0.2, 0.25) is 0 Å². The Kier molecular flexibility index (Phi) is 3.74. The Morgan fingerprint density at radius 2 is 1.92 bits per heavy atom. The molecular formula is C11H22O2. The Morgan fingerprint density at radius 3 is 2.38 bits per heavy atom. The third kappa shape index (κ3) is 2.68. The molecule has 0 aromatic rings. The van der Waals surface area contributed by atoms with Gasteiger partial charge in [-0.05, 0) is 39.5 Å². The van der Waals surface area contributed by atoms with Crippen LogP contribution in [0.2, 0.25) is 0 Å². The van der Waals surface area contributed by atoms with Gasteiger partial charge in [0.1, 0.15) is 0 Å². The average molecular weight is 186 g/mol. The summed E-state index contributed by atoms with van der Waals surface area (Å²) in [6, 6.07) is 0. The molecule has 0 aliphatic heterocycles. The first-order valence-electron chi connectivity index (χ1n) is 5.40. The van der Waals surface area contributed by atoms with Gasteiger partial charge in [-0.3, -0.25) is 0 Å². The summed E-state index contributed by atoms with van der Waals surface area (Å²) in [7, 11) is 0. The maximum atomic E-state index is 10.1. The van der Waals surface area contributed by atoms with Crippen LogP contribution in [-0.4, -0.2) is 23.4 Å². The zero-order valence-electron chi connectivity index (χ0n) is 9.05. The van der Waals surface area contributed by atoms with Gasteiger partial charge in [-0.1, -0.05) is 12.8 Å². The number of aliphatic hydroxyl groups is 1. The van der Waals surface area contributed by atoms with Crippen LogP contribution in [0.5, 0.6) is 0 Å². The Labute approximate surface area is 81.3 Å².